The molecule has 0 spiro atoms. The van der Waals surface area contributed by atoms with Crippen molar-refractivity contribution in [2.75, 3.05) is 26.6 Å². The SMILES string of the molecule is COc1cc(C(=O)Nc2cc3nn(-c4ccccc4)nc3cc2Cl)cc(OC)c1OC. The van der Waals surface area contributed by atoms with Crippen molar-refractivity contribution in [3.63, 3.8) is 0 Å². The minimum Gasteiger partial charge on any atom is -0.493 e. The third-order valence-electron chi connectivity index (χ3n) is 4.63. The molecule has 0 unspecified atom stereocenters. The Hall–Kier alpha value is -3.78. The van der Waals surface area contributed by atoms with Gasteiger partial charge in [-0.15, -0.1) is 10.2 Å². The number of halogens is 1. The first-order valence-corrected chi connectivity index (χ1v) is 9.65. The molecular weight excluding hydrogens is 420 g/mol. The van der Waals surface area contributed by atoms with E-state index in [4.69, 9.17) is 25.8 Å². The second-order valence-electron chi connectivity index (χ2n) is 6.51. The first-order valence-electron chi connectivity index (χ1n) is 9.27. The number of carbonyl (C=O) groups excluding carboxylic acids is 1. The first kappa shape index (κ1) is 20.5. The van der Waals surface area contributed by atoms with Gasteiger partial charge in [-0.25, -0.2) is 0 Å². The van der Waals surface area contributed by atoms with E-state index in [1.54, 1.807) is 24.3 Å². The third-order valence-corrected chi connectivity index (χ3v) is 4.94. The van der Waals surface area contributed by atoms with Gasteiger partial charge in [0.05, 0.1) is 37.7 Å². The van der Waals surface area contributed by atoms with Gasteiger partial charge in [0.25, 0.3) is 5.91 Å². The van der Waals surface area contributed by atoms with Gasteiger partial charge in [-0.05, 0) is 36.4 Å². The number of anilines is 1. The Morgan fingerprint density at radius 1 is 0.903 bits per heavy atom. The molecule has 4 rings (SSSR count). The number of fused-ring (bicyclic) bond motifs is 1. The van der Waals surface area contributed by atoms with Crippen LogP contribution in [0.25, 0.3) is 16.7 Å². The molecule has 8 nitrogen and oxygen atoms in total. The molecule has 0 bridgehead atoms. The molecule has 0 atom stereocenters. The fourth-order valence-corrected chi connectivity index (χ4v) is 3.32. The smallest absolute Gasteiger partial charge is 0.255 e. The van der Waals surface area contributed by atoms with Crippen LogP contribution in [0.4, 0.5) is 5.69 Å². The van der Waals surface area contributed by atoms with Crippen LogP contribution < -0.4 is 19.5 Å². The van der Waals surface area contributed by atoms with Crippen LogP contribution in [0, 0.1) is 0 Å². The molecular formula is C22H19ClN4O4. The second-order valence-corrected chi connectivity index (χ2v) is 6.92. The molecule has 1 aromatic heterocycles. The lowest BCUT2D eigenvalue weighted by Crippen LogP contribution is -2.13. The number of nitrogens with zero attached hydrogens (tertiary/aromatic N) is 3. The minimum atomic E-state index is -0.393. The number of para-hydroxylation sites is 1. The molecule has 1 heterocycles. The Balaban J connectivity index is 1.67. The zero-order valence-corrected chi connectivity index (χ0v) is 17.8. The van der Waals surface area contributed by atoms with Gasteiger partial charge in [0.15, 0.2) is 11.5 Å². The van der Waals surface area contributed by atoms with E-state index in [0.29, 0.717) is 44.6 Å². The van der Waals surface area contributed by atoms with Crippen LogP contribution in [-0.2, 0) is 0 Å². The molecule has 31 heavy (non-hydrogen) atoms. The molecule has 158 valence electrons. The van der Waals surface area contributed by atoms with Crippen LogP contribution in [0.15, 0.2) is 54.6 Å². The molecule has 0 fully saturated rings. The van der Waals surface area contributed by atoms with E-state index < -0.39 is 5.91 Å². The molecule has 0 aliphatic rings. The Morgan fingerprint density at radius 3 is 2.10 bits per heavy atom. The fourth-order valence-electron chi connectivity index (χ4n) is 3.12. The fraction of sp³-hybridized carbons (Fsp3) is 0.136. The predicted octanol–water partition coefficient (Wildman–Crippen LogP) is 4.35. The number of hydrogen-bond donors (Lipinski definition) is 1. The van der Waals surface area contributed by atoms with Crippen LogP contribution in [0.5, 0.6) is 17.2 Å². The average molecular weight is 439 g/mol. The third kappa shape index (κ3) is 3.97. The highest BCUT2D eigenvalue weighted by atomic mass is 35.5. The van der Waals surface area contributed by atoms with Gasteiger partial charge in [0.2, 0.25) is 5.75 Å². The lowest BCUT2D eigenvalue weighted by molar-refractivity contribution is 0.102. The summed E-state index contributed by atoms with van der Waals surface area (Å²) in [5.41, 5.74) is 2.75. The monoisotopic (exact) mass is 438 g/mol. The van der Waals surface area contributed by atoms with E-state index in [1.807, 2.05) is 30.3 Å². The van der Waals surface area contributed by atoms with E-state index in [-0.39, 0.29) is 0 Å². The van der Waals surface area contributed by atoms with Crippen molar-refractivity contribution in [2.45, 2.75) is 0 Å². The molecule has 0 aliphatic carbocycles. The van der Waals surface area contributed by atoms with Crippen LogP contribution in [-0.4, -0.2) is 42.2 Å². The Morgan fingerprint density at radius 2 is 1.52 bits per heavy atom. The number of aromatic nitrogens is 3. The maximum Gasteiger partial charge on any atom is 0.255 e. The van der Waals surface area contributed by atoms with Crippen molar-refractivity contribution in [1.29, 1.82) is 0 Å². The highest BCUT2D eigenvalue weighted by molar-refractivity contribution is 6.34. The van der Waals surface area contributed by atoms with Crippen molar-refractivity contribution in [2.24, 2.45) is 0 Å². The van der Waals surface area contributed by atoms with Crippen molar-refractivity contribution < 1.29 is 19.0 Å². The molecule has 0 saturated heterocycles. The van der Waals surface area contributed by atoms with Crippen molar-refractivity contribution in [3.05, 3.63) is 65.2 Å². The number of carbonyl (C=O) groups is 1. The standard InChI is InChI=1S/C22H19ClN4O4/c1-29-19-9-13(10-20(30-2)21(19)31-3)22(28)24-16-12-18-17(11-15(16)23)25-27(26-18)14-7-5-4-6-8-14/h4-12H,1-3H3,(H,24,28). The highest BCUT2D eigenvalue weighted by Gasteiger charge is 2.18. The maximum absolute atomic E-state index is 12.9. The number of nitrogens with one attached hydrogen (secondary N) is 1. The summed E-state index contributed by atoms with van der Waals surface area (Å²) in [7, 11) is 4.47. The summed E-state index contributed by atoms with van der Waals surface area (Å²) in [5.74, 6) is 0.758. The van der Waals surface area contributed by atoms with Crippen LogP contribution in [0.1, 0.15) is 10.4 Å². The Kier molecular flexibility index (Phi) is 5.64. The molecule has 3 aromatic carbocycles. The van der Waals surface area contributed by atoms with Crippen LogP contribution in [0.2, 0.25) is 5.02 Å². The van der Waals surface area contributed by atoms with Gasteiger partial charge in [-0.3, -0.25) is 4.79 Å². The first-order chi connectivity index (χ1) is 15.0. The number of ether oxygens (including phenoxy) is 3. The topological polar surface area (TPSA) is 87.5 Å². The summed E-state index contributed by atoms with van der Waals surface area (Å²) >= 11 is 6.39. The number of methoxy groups -OCH3 is 3. The molecule has 0 aliphatic heterocycles. The summed E-state index contributed by atoms with van der Waals surface area (Å²) in [6, 6.07) is 16.0. The van der Waals surface area contributed by atoms with E-state index in [2.05, 4.69) is 15.5 Å². The molecule has 1 amide bonds. The van der Waals surface area contributed by atoms with Crippen molar-refractivity contribution in [3.8, 4) is 22.9 Å². The quantitative estimate of drug-likeness (QED) is 0.481. The van der Waals surface area contributed by atoms with E-state index in [1.165, 1.54) is 26.1 Å². The van der Waals surface area contributed by atoms with Gasteiger partial charge in [0.1, 0.15) is 11.0 Å². The van der Waals surface area contributed by atoms with Gasteiger partial charge in [0, 0.05) is 5.56 Å². The van der Waals surface area contributed by atoms with Crippen molar-refractivity contribution >= 4 is 34.2 Å². The summed E-state index contributed by atoms with van der Waals surface area (Å²) in [6.07, 6.45) is 0. The Labute approximate surface area is 183 Å². The summed E-state index contributed by atoms with van der Waals surface area (Å²) in [5, 5.41) is 12.1. The maximum atomic E-state index is 12.9. The Bertz CT molecular complexity index is 1230. The second kappa shape index (κ2) is 8.53. The van der Waals surface area contributed by atoms with E-state index >= 15 is 0 Å². The summed E-state index contributed by atoms with van der Waals surface area (Å²) in [4.78, 5) is 14.4. The predicted molar refractivity (Wildman–Crippen MR) is 118 cm³/mol. The van der Waals surface area contributed by atoms with Gasteiger partial charge >= 0.3 is 0 Å². The van der Waals surface area contributed by atoms with Crippen LogP contribution in [0.3, 0.4) is 0 Å². The number of benzene rings is 3. The normalized spacial score (nSPS) is 10.7. The summed E-state index contributed by atoms with van der Waals surface area (Å²) in [6.45, 7) is 0. The van der Waals surface area contributed by atoms with E-state index in [9.17, 15) is 4.79 Å². The van der Waals surface area contributed by atoms with Crippen molar-refractivity contribution in [1.82, 2.24) is 15.0 Å². The molecule has 4 aromatic rings. The average Bonchev–Trinajstić information content (AvgIpc) is 3.21. The summed E-state index contributed by atoms with van der Waals surface area (Å²) < 4.78 is 15.9. The largest absolute Gasteiger partial charge is 0.493 e. The molecule has 0 saturated carbocycles. The zero-order valence-electron chi connectivity index (χ0n) is 17.0. The van der Waals surface area contributed by atoms with Gasteiger partial charge in [-0.1, -0.05) is 29.8 Å². The van der Waals surface area contributed by atoms with Crippen LogP contribution >= 0.6 is 11.6 Å². The lowest BCUT2D eigenvalue weighted by atomic mass is 10.1. The highest BCUT2D eigenvalue weighted by Crippen LogP contribution is 2.38. The van der Waals surface area contributed by atoms with Gasteiger partial charge < -0.3 is 19.5 Å². The molecule has 1 N–H and O–H groups in total. The van der Waals surface area contributed by atoms with Gasteiger partial charge in [-0.2, -0.15) is 4.80 Å². The zero-order chi connectivity index (χ0) is 22.0. The van der Waals surface area contributed by atoms with E-state index in [0.717, 1.165) is 5.69 Å². The number of amides is 1. The molecule has 0 radical (unpaired) electrons. The number of hydrogen-bond acceptors (Lipinski definition) is 6. The molecule has 9 heteroatoms. The lowest BCUT2D eigenvalue weighted by Gasteiger charge is -2.14. The number of rotatable bonds is 6. The minimum absolute atomic E-state index is 0.318.